The van der Waals surface area contributed by atoms with Crippen LogP contribution in [-0.2, 0) is 11.4 Å². The molecule has 4 aromatic carbocycles. The van der Waals surface area contributed by atoms with Crippen molar-refractivity contribution in [1.29, 1.82) is 0 Å². The molecule has 1 aliphatic heterocycles. The quantitative estimate of drug-likeness (QED) is 0.174. The molecule has 5 aromatic rings. The van der Waals surface area contributed by atoms with Gasteiger partial charge in [0.25, 0.3) is 11.5 Å². The van der Waals surface area contributed by atoms with Crippen LogP contribution in [0.5, 0.6) is 23.0 Å². The van der Waals surface area contributed by atoms with E-state index in [9.17, 15) is 9.59 Å². The zero-order valence-corrected chi connectivity index (χ0v) is 29.3. The van der Waals surface area contributed by atoms with Gasteiger partial charge >= 0.3 is 0 Å². The molecule has 252 valence electrons. The maximum absolute atomic E-state index is 14.3. The highest BCUT2D eigenvalue weighted by Gasteiger charge is 2.36. The van der Waals surface area contributed by atoms with Crippen LogP contribution in [0.3, 0.4) is 0 Å². The molecule has 0 aliphatic carbocycles. The van der Waals surface area contributed by atoms with Crippen LogP contribution in [0.4, 0.5) is 0 Å². The fraction of sp³-hybridized carbons (Fsp3) is 0.256. The van der Waals surface area contributed by atoms with E-state index in [-0.39, 0.29) is 11.5 Å². The van der Waals surface area contributed by atoms with E-state index in [1.165, 1.54) is 11.3 Å². The van der Waals surface area contributed by atoms with Gasteiger partial charge in [0.1, 0.15) is 24.1 Å². The highest BCUT2D eigenvalue weighted by atomic mass is 32.1. The number of nitrogens with zero attached hydrogens (tertiary/aromatic N) is 3. The summed E-state index contributed by atoms with van der Waals surface area (Å²) in [5.41, 5.74) is 3.16. The molecule has 1 aromatic heterocycles. The number of hydrogen-bond acceptors (Lipinski definition) is 8. The summed E-state index contributed by atoms with van der Waals surface area (Å²) < 4.78 is 25.3. The molecule has 1 atom stereocenters. The van der Waals surface area contributed by atoms with E-state index in [2.05, 4.69) is 24.3 Å². The van der Waals surface area contributed by atoms with Crippen LogP contribution in [0, 0.1) is 0 Å². The van der Waals surface area contributed by atoms with Crippen molar-refractivity contribution in [3.05, 3.63) is 127 Å². The summed E-state index contributed by atoms with van der Waals surface area (Å²) in [6.07, 6.45) is 1.81. The lowest BCUT2D eigenvalue weighted by Gasteiger charge is -2.30. The molecule has 1 aliphatic rings. The summed E-state index contributed by atoms with van der Waals surface area (Å²) in [5, 5.41) is 2.29. The van der Waals surface area contributed by atoms with Gasteiger partial charge in [-0.25, -0.2) is 4.99 Å². The minimum absolute atomic E-state index is 0.181. The van der Waals surface area contributed by atoms with Crippen LogP contribution >= 0.6 is 11.3 Å². The molecule has 9 nitrogen and oxygen atoms in total. The normalized spacial score (nSPS) is 14.3. The number of carbonyl (C=O) groups is 1. The van der Waals surface area contributed by atoms with Crippen LogP contribution in [0.15, 0.2) is 99.9 Å². The van der Waals surface area contributed by atoms with Crippen molar-refractivity contribution < 1.29 is 23.7 Å². The van der Waals surface area contributed by atoms with Crippen molar-refractivity contribution in [2.24, 2.45) is 4.99 Å². The maximum atomic E-state index is 14.3. The molecule has 6 rings (SSSR count). The van der Waals surface area contributed by atoms with Gasteiger partial charge in [-0.2, -0.15) is 0 Å². The molecule has 49 heavy (non-hydrogen) atoms. The second kappa shape index (κ2) is 14.4. The molecule has 2 heterocycles. The monoisotopic (exact) mass is 677 g/mol. The fourth-order valence-corrected chi connectivity index (χ4v) is 7.29. The Kier molecular flexibility index (Phi) is 9.87. The van der Waals surface area contributed by atoms with Crippen molar-refractivity contribution >= 4 is 34.1 Å². The van der Waals surface area contributed by atoms with Crippen LogP contribution in [0.1, 0.15) is 43.5 Å². The Balaban J connectivity index is 1.42. The summed E-state index contributed by atoms with van der Waals surface area (Å²) in [7, 11) is 4.74. The number of benzene rings is 4. The lowest BCUT2D eigenvalue weighted by molar-refractivity contribution is -0.127. The Morgan fingerprint density at radius 3 is 2.37 bits per heavy atom. The highest BCUT2D eigenvalue weighted by Crippen LogP contribution is 2.38. The Morgan fingerprint density at radius 1 is 0.898 bits per heavy atom. The smallest absolute Gasteiger partial charge is 0.271 e. The third-order valence-corrected chi connectivity index (χ3v) is 9.77. The topological polar surface area (TPSA) is 91.6 Å². The third-order valence-electron chi connectivity index (χ3n) is 8.78. The lowest BCUT2D eigenvalue weighted by atomic mass is 9.93. The van der Waals surface area contributed by atoms with E-state index >= 15 is 0 Å². The molecule has 1 amide bonds. The standard InChI is InChI=1S/C39H39N3O6S/c1-7-41(8-2)38(44)35-24(3)40-39-42(36(35)30-22-28(45-4)17-19-31(30)46-5)37(43)34(49-39)21-25-16-18-32(33(20-25)47-6)48-23-27-14-11-13-26-12-9-10-15-29(26)27/h9-22,36H,7-8,23H2,1-6H3/b34-21+/t36-/m1/s1. The molecular formula is C39H39N3O6S. The number of hydrogen-bond donors (Lipinski definition) is 0. The number of aromatic nitrogens is 1. The third kappa shape index (κ3) is 6.44. The minimum atomic E-state index is -0.782. The number of thiazole rings is 1. The predicted octanol–water partition coefficient (Wildman–Crippen LogP) is 5.86. The zero-order valence-electron chi connectivity index (χ0n) is 28.5. The molecule has 0 fully saturated rings. The first kappa shape index (κ1) is 33.5. The molecular weight excluding hydrogens is 639 g/mol. The van der Waals surface area contributed by atoms with E-state index in [1.54, 1.807) is 42.9 Å². The largest absolute Gasteiger partial charge is 0.497 e. The molecule has 0 N–H and O–H groups in total. The molecule has 0 spiro atoms. The number of allylic oxidation sites excluding steroid dienone is 1. The SMILES string of the molecule is CCN(CC)C(=O)C1=C(C)N=c2s/c(=C/c3ccc(OCc4cccc5ccccc45)c(OC)c3)c(=O)n2[C@@H]1c1cc(OC)ccc1OC. The molecule has 0 saturated heterocycles. The van der Waals surface area contributed by atoms with Crippen LogP contribution < -0.4 is 33.8 Å². The summed E-state index contributed by atoms with van der Waals surface area (Å²) >= 11 is 1.27. The van der Waals surface area contributed by atoms with Crippen molar-refractivity contribution in [3.8, 4) is 23.0 Å². The van der Waals surface area contributed by atoms with Gasteiger partial charge in [0.2, 0.25) is 0 Å². The number of methoxy groups -OCH3 is 3. The number of rotatable bonds is 11. The van der Waals surface area contributed by atoms with Crippen molar-refractivity contribution in [2.75, 3.05) is 34.4 Å². The van der Waals surface area contributed by atoms with Crippen LogP contribution in [-0.4, -0.2) is 49.8 Å². The average Bonchev–Trinajstić information content (AvgIpc) is 3.43. The van der Waals surface area contributed by atoms with E-state index in [4.69, 9.17) is 23.9 Å². The van der Waals surface area contributed by atoms with Gasteiger partial charge in [-0.3, -0.25) is 14.2 Å². The number of amides is 1. The van der Waals surface area contributed by atoms with Crippen LogP contribution in [0.25, 0.3) is 16.8 Å². The zero-order chi connectivity index (χ0) is 34.7. The summed E-state index contributed by atoms with van der Waals surface area (Å²) in [6, 6.07) is 24.6. The molecule has 0 bridgehead atoms. The van der Waals surface area contributed by atoms with E-state index < -0.39 is 6.04 Å². The Bertz CT molecular complexity index is 2240. The van der Waals surface area contributed by atoms with Gasteiger partial charge in [0, 0.05) is 18.7 Å². The van der Waals surface area contributed by atoms with Gasteiger partial charge in [0.15, 0.2) is 16.3 Å². The minimum Gasteiger partial charge on any atom is -0.497 e. The highest BCUT2D eigenvalue weighted by molar-refractivity contribution is 7.07. The second-order valence-electron chi connectivity index (χ2n) is 11.5. The van der Waals surface area contributed by atoms with E-state index in [0.29, 0.717) is 68.9 Å². The van der Waals surface area contributed by atoms with E-state index in [0.717, 1.165) is 21.9 Å². The molecule has 10 heteroatoms. The summed E-state index contributed by atoms with van der Waals surface area (Å²) in [6.45, 7) is 7.08. The number of carbonyl (C=O) groups excluding carboxylic acids is 1. The maximum Gasteiger partial charge on any atom is 0.271 e. The fourth-order valence-electron chi connectivity index (χ4n) is 6.24. The van der Waals surface area contributed by atoms with Crippen molar-refractivity contribution in [2.45, 2.75) is 33.4 Å². The average molecular weight is 678 g/mol. The van der Waals surface area contributed by atoms with Crippen LogP contribution in [0.2, 0.25) is 0 Å². The second-order valence-corrected chi connectivity index (χ2v) is 12.5. The Morgan fingerprint density at radius 2 is 1.63 bits per heavy atom. The number of ether oxygens (including phenoxy) is 4. The Labute approximate surface area is 289 Å². The Hall–Kier alpha value is -5.35. The first-order valence-electron chi connectivity index (χ1n) is 16.1. The van der Waals surface area contributed by atoms with Gasteiger partial charge in [0.05, 0.1) is 37.1 Å². The first-order chi connectivity index (χ1) is 23.8. The predicted molar refractivity (Wildman–Crippen MR) is 193 cm³/mol. The van der Waals surface area contributed by atoms with Gasteiger partial charge in [-0.15, -0.1) is 0 Å². The molecule has 0 unspecified atom stereocenters. The summed E-state index contributed by atoms with van der Waals surface area (Å²) in [5.74, 6) is 2.07. The van der Waals surface area contributed by atoms with E-state index in [1.807, 2.05) is 69.3 Å². The number of fused-ring (bicyclic) bond motifs is 2. The van der Waals surface area contributed by atoms with Gasteiger partial charge in [-0.1, -0.05) is 59.9 Å². The van der Waals surface area contributed by atoms with Crippen molar-refractivity contribution in [3.63, 3.8) is 0 Å². The number of likely N-dealkylation sites (N-methyl/N-ethyl adjacent to an activating group) is 1. The summed E-state index contributed by atoms with van der Waals surface area (Å²) in [4.78, 5) is 35.4. The van der Waals surface area contributed by atoms with Gasteiger partial charge < -0.3 is 23.8 Å². The lowest BCUT2D eigenvalue weighted by Crippen LogP contribution is -2.43. The van der Waals surface area contributed by atoms with Gasteiger partial charge in [-0.05, 0) is 79.1 Å². The molecule has 0 saturated carbocycles. The van der Waals surface area contributed by atoms with Crippen molar-refractivity contribution in [1.82, 2.24) is 9.47 Å². The molecule has 0 radical (unpaired) electrons. The first-order valence-corrected chi connectivity index (χ1v) is 16.9.